The number of nitrogens with zero attached hydrogens (tertiary/aromatic N) is 1. The van der Waals surface area contributed by atoms with Gasteiger partial charge in [0.25, 0.3) is 0 Å². The number of rotatable bonds is 5. The Morgan fingerprint density at radius 2 is 2.23 bits per heavy atom. The fraction of sp³-hybridized carbons (Fsp3) is 1.00. The van der Waals surface area contributed by atoms with Gasteiger partial charge in [0.2, 0.25) is 0 Å². The summed E-state index contributed by atoms with van der Waals surface area (Å²) in [6, 6.07) is 1.45. The summed E-state index contributed by atoms with van der Waals surface area (Å²) in [5.74, 6) is 0. The van der Waals surface area contributed by atoms with Crippen molar-refractivity contribution in [3.63, 3.8) is 0 Å². The van der Waals surface area contributed by atoms with E-state index in [4.69, 9.17) is 0 Å². The average molecular weight is 184 g/mol. The summed E-state index contributed by atoms with van der Waals surface area (Å²) in [7, 11) is 0. The van der Waals surface area contributed by atoms with Crippen LogP contribution in [-0.4, -0.2) is 36.6 Å². The van der Waals surface area contributed by atoms with Crippen LogP contribution in [0.1, 0.15) is 40.0 Å². The Hall–Kier alpha value is -0.0800. The summed E-state index contributed by atoms with van der Waals surface area (Å²) in [5.41, 5.74) is 0. The molecular weight excluding hydrogens is 160 g/mol. The van der Waals surface area contributed by atoms with Gasteiger partial charge in [0, 0.05) is 18.6 Å². The summed E-state index contributed by atoms with van der Waals surface area (Å²) < 4.78 is 0. The third-order valence-electron chi connectivity index (χ3n) is 2.86. The highest BCUT2D eigenvalue weighted by Gasteiger charge is 2.18. The van der Waals surface area contributed by atoms with Crippen molar-refractivity contribution in [3.05, 3.63) is 0 Å². The first-order valence-electron chi connectivity index (χ1n) is 5.71. The normalized spacial score (nSPS) is 23.3. The molecule has 1 saturated heterocycles. The molecule has 0 unspecified atom stereocenters. The van der Waals surface area contributed by atoms with Crippen molar-refractivity contribution in [2.75, 3.05) is 19.6 Å². The molecule has 0 radical (unpaired) electrons. The first-order chi connectivity index (χ1) is 6.24. The van der Waals surface area contributed by atoms with E-state index in [1.54, 1.807) is 0 Å². The highest BCUT2D eigenvalue weighted by Crippen LogP contribution is 2.09. The van der Waals surface area contributed by atoms with Crippen molar-refractivity contribution < 1.29 is 0 Å². The molecule has 0 aliphatic carbocycles. The molecule has 0 saturated carbocycles. The van der Waals surface area contributed by atoms with E-state index in [-0.39, 0.29) is 0 Å². The maximum Gasteiger partial charge on any atom is 0.0195 e. The minimum Gasteiger partial charge on any atom is -0.313 e. The molecule has 1 heterocycles. The third-order valence-corrected chi connectivity index (χ3v) is 2.86. The van der Waals surface area contributed by atoms with Crippen LogP contribution in [0.4, 0.5) is 0 Å². The largest absolute Gasteiger partial charge is 0.313 e. The van der Waals surface area contributed by atoms with Gasteiger partial charge in [0.05, 0.1) is 0 Å². The molecule has 1 rings (SSSR count). The van der Waals surface area contributed by atoms with E-state index in [9.17, 15) is 0 Å². The van der Waals surface area contributed by atoms with Crippen LogP contribution in [0.3, 0.4) is 0 Å². The van der Waals surface area contributed by atoms with Crippen molar-refractivity contribution in [1.29, 1.82) is 0 Å². The molecule has 0 aromatic rings. The van der Waals surface area contributed by atoms with Gasteiger partial charge >= 0.3 is 0 Å². The van der Waals surface area contributed by atoms with Gasteiger partial charge in [0.15, 0.2) is 0 Å². The summed E-state index contributed by atoms with van der Waals surface area (Å²) >= 11 is 0. The van der Waals surface area contributed by atoms with E-state index in [2.05, 4.69) is 31.0 Å². The first-order valence-corrected chi connectivity index (χ1v) is 5.71. The molecule has 0 spiro atoms. The van der Waals surface area contributed by atoms with Crippen LogP contribution in [0, 0.1) is 0 Å². The van der Waals surface area contributed by atoms with Crippen molar-refractivity contribution in [1.82, 2.24) is 10.2 Å². The molecule has 1 aliphatic heterocycles. The number of hydrogen-bond donors (Lipinski definition) is 1. The van der Waals surface area contributed by atoms with Gasteiger partial charge < -0.3 is 5.32 Å². The van der Waals surface area contributed by atoms with Crippen LogP contribution in [0.25, 0.3) is 0 Å². The summed E-state index contributed by atoms with van der Waals surface area (Å²) in [6.45, 7) is 10.6. The predicted molar refractivity (Wildman–Crippen MR) is 58.0 cm³/mol. The smallest absolute Gasteiger partial charge is 0.0195 e. The minimum atomic E-state index is 0.697. The monoisotopic (exact) mass is 184 g/mol. The lowest BCUT2D eigenvalue weighted by Gasteiger charge is -2.28. The van der Waals surface area contributed by atoms with Crippen LogP contribution in [-0.2, 0) is 0 Å². The SMILES string of the molecule is CCCN(C[C@@H]1CCCN1)C(C)C. The minimum absolute atomic E-state index is 0.697. The van der Waals surface area contributed by atoms with E-state index < -0.39 is 0 Å². The molecule has 2 heteroatoms. The topological polar surface area (TPSA) is 15.3 Å². The van der Waals surface area contributed by atoms with Crippen LogP contribution in [0.15, 0.2) is 0 Å². The van der Waals surface area contributed by atoms with Gasteiger partial charge in [-0.1, -0.05) is 6.92 Å². The Kier molecular flexibility index (Phi) is 4.74. The molecule has 1 N–H and O–H groups in total. The molecular formula is C11H24N2. The molecule has 0 aromatic carbocycles. The van der Waals surface area contributed by atoms with E-state index in [1.807, 2.05) is 0 Å². The van der Waals surface area contributed by atoms with E-state index >= 15 is 0 Å². The van der Waals surface area contributed by atoms with Crippen molar-refractivity contribution in [3.8, 4) is 0 Å². The predicted octanol–water partition coefficient (Wildman–Crippen LogP) is 1.86. The van der Waals surface area contributed by atoms with Gasteiger partial charge in [-0.05, 0) is 46.2 Å². The van der Waals surface area contributed by atoms with E-state index in [1.165, 1.54) is 38.9 Å². The fourth-order valence-electron chi connectivity index (χ4n) is 2.04. The Balaban J connectivity index is 2.27. The Morgan fingerprint density at radius 3 is 2.69 bits per heavy atom. The zero-order valence-electron chi connectivity index (χ0n) is 9.34. The fourth-order valence-corrected chi connectivity index (χ4v) is 2.04. The quantitative estimate of drug-likeness (QED) is 0.701. The molecule has 2 nitrogen and oxygen atoms in total. The lowest BCUT2D eigenvalue weighted by molar-refractivity contribution is 0.203. The zero-order valence-corrected chi connectivity index (χ0v) is 9.34. The van der Waals surface area contributed by atoms with E-state index in [0.717, 1.165) is 6.04 Å². The summed E-state index contributed by atoms with van der Waals surface area (Å²) in [4.78, 5) is 2.59. The molecule has 0 aromatic heterocycles. The lowest BCUT2D eigenvalue weighted by atomic mass is 10.2. The van der Waals surface area contributed by atoms with Gasteiger partial charge in [-0.2, -0.15) is 0 Å². The molecule has 0 amide bonds. The van der Waals surface area contributed by atoms with E-state index in [0.29, 0.717) is 6.04 Å². The van der Waals surface area contributed by atoms with Crippen LogP contribution in [0.5, 0.6) is 0 Å². The van der Waals surface area contributed by atoms with Crippen molar-refractivity contribution in [2.45, 2.75) is 52.1 Å². The van der Waals surface area contributed by atoms with Crippen LogP contribution in [0.2, 0.25) is 0 Å². The number of nitrogens with one attached hydrogen (secondary N) is 1. The molecule has 0 bridgehead atoms. The summed E-state index contributed by atoms with van der Waals surface area (Å²) in [6.07, 6.45) is 4.00. The molecule has 1 atom stereocenters. The second-order valence-electron chi connectivity index (χ2n) is 4.38. The molecule has 1 fully saturated rings. The maximum absolute atomic E-state index is 3.56. The molecule has 1 aliphatic rings. The van der Waals surface area contributed by atoms with Gasteiger partial charge in [0.1, 0.15) is 0 Å². The van der Waals surface area contributed by atoms with Crippen molar-refractivity contribution in [2.24, 2.45) is 0 Å². The standard InChI is InChI=1S/C11H24N2/c1-4-8-13(10(2)3)9-11-6-5-7-12-11/h10-12H,4-9H2,1-3H3/t11-/m0/s1. The van der Waals surface area contributed by atoms with Crippen LogP contribution >= 0.6 is 0 Å². The average Bonchev–Trinajstić information content (AvgIpc) is 2.56. The lowest BCUT2D eigenvalue weighted by Crippen LogP contribution is -2.41. The second-order valence-corrected chi connectivity index (χ2v) is 4.38. The van der Waals surface area contributed by atoms with Crippen LogP contribution < -0.4 is 5.32 Å². The maximum atomic E-state index is 3.56. The molecule has 13 heavy (non-hydrogen) atoms. The zero-order chi connectivity index (χ0) is 9.68. The van der Waals surface area contributed by atoms with Crippen molar-refractivity contribution >= 4 is 0 Å². The Morgan fingerprint density at radius 1 is 1.46 bits per heavy atom. The second kappa shape index (κ2) is 5.61. The van der Waals surface area contributed by atoms with Gasteiger partial charge in [-0.25, -0.2) is 0 Å². The first kappa shape index (κ1) is 11.0. The molecule has 78 valence electrons. The Labute approximate surface area is 82.7 Å². The summed E-state index contributed by atoms with van der Waals surface area (Å²) in [5, 5.41) is 3.56. The number of hydrogen-bond acceptors (Lipinski definition) is 2. The third kappa shape index (κ3) is 3.65. The highest BCUT2D eigenvalue weighted by molar-refractivity contribution is 4.78. The van der Waals surface area contributed by atoms with Gasteiger partial charge in [-0.3, -0.25) is 4.90 Å². The Bertz CT molecular complexity index is 128. The highest BCUT2D eigenvalue weighted by atomic mass is 15.2. The van der Waals surface area contributed by atoms with Gasteiger partial charge in [-0.15, -0.1) is 0 Å².